The maximum Gasteiger partial charge on any atom is 0.333 e. The fourth-order valence-corrected chi connectivity index (χ4v) is 4.16. The van der Waals surface area contributed by atoms with Crippen LogP contribution < -0.4 is 10.2 Å². The molecule has 2 heterocycles. The Hall–Kier alpha value is -3.31. The summed E-state index contributed by atoms with van der Waals surface area (Å²) in [4.78, 5) is 26.5. The Labute approximate surface area is 180 Å². The highest BCUT2D eigenvalue weighted by Gasteiger charge is 2.35. The number of carbonyl (C=O) groups is 2. The van der Waals surface area contributed by atoms with Crippen molar-refractivity contribution < 1.29 is 9.59 Å². The normalized spacial score (nSPS) is 15.2. The van der Waals surface area contributed by atoms with Crippen LogP contribution in [0.1, 0.15) is 28.1 Å². The van der Waals surface area contributed by atoms with Crippen molar-refractivity contribution in [2.45, 2.75) is 27.7 Å². The van der Waals surface area contributed by atoms with Gasteiger partial charge in [0.2, 0.25) is 0 Å². The first-order chi connectivity index (χ1) is 14.3. The van der Waals surface area contributed by atoms with Crippen LogP contribution in [-0.4, -0.2) is 16.5 Å². The molecule has 1 saturated heterocycles. The maximum absolute atomic E-state index is 12.9. The molecule has 4 rings (SSSR count). The molecule has 1 fully saturated rings. The van der Waals surface area contributed by atoms with Crippen molar-refractivity contribution >= 4 is 35.3 Å². The fraction of sp³-hybridized carbons (Fsp3) is 0.167. The smallest absolute Gasteiger partial charge is 0.317 e. The van der Waals surface area contributed by atoms with E-state index in [1.54, 1.807) is 30.3 Å². The molecule has 30 heavy (non-hydrogen) atoms. The minimum absolute atomic E-state index is 0.238. The molecule has 1 aliphatic rings. The van der Waals surface area contributed by atoms with Crippen LogP contribution in [0.25, 0.3) is 11.8 Å². The Balaban J connectivity index is 1.75. The highest BCUT2D eigenvalue weighted by atomic mass is 35.5. The number of benzene rings is 2. The van der Waals surface area contributed by atoms with Gasteiger partial charge in [-0.05, 0) is 74.7 Å². The molecule has 1 aromatic heterocycles. The molecule has 0 atom stereocenters. The summed E-state index contributed by atoms with van der Waals surface area (Å²) in [5.74, 6) is -0.404. The van der Waals surface area contributed by atoms with Gasteiger partial charge in [-0.1, -0.05) is 35.9 Å². The monoisotopic (exact) mass is 419 g/mol. The van der Waals surface area contributed by atoms with E-state index in [9.17, 15) is 9.59 Å². The summed E-state index contributed by atoms with van der Waals surface area (Å²) in [6.07, 6.45) is 1.73. The zero-order chi connectivity index (χ0) is 21.6. The van der Waals surface area contributed by atoms with Crippen molar-refractivity contribution in [1.82, 2.24) is 9.88 Å². The molecular weight excluding hydrogens is 398 g/mol. The van der Waals surface area contributed by atoms with Gasteiger partial charge in [-0.3, -0.25) is 4.79 Å². The lowest BCUT2D eigenvalue weighted by Crippen LogP contribution is -2.30. The number of hydrogen-bond donors (Lipinski definition) is 1. The predicted molar refractivity (Wildman–Crippen MR) is 120 cm³/mol. The molecular formula is C24H22ClN3O2. The van der Waals surface area contributed by atoms with Gasteiger partial charge in [0.05, 0.1) is 11.4 Å². The quantitative estimate of drug-likeness (QED) is 0.452. The van der Waals surface area contributed by atoms with E-state index in [1.807, 2.05) is 26.0 Å². The van der Waals surface area contributed by atoms with Crippen LogP contribution in [0.3, 0.4) is 0 Å². The second-order valence-electron chi connectivity index (χ2n) is 7.51. The van der Waals surface area contributed by atoms with E-state index in [4.69, 9.17) is 11.6 Å². The SMILES string of the molecule is Cc1cccc(C)c1-n1c(C)cc(C=C2NC(=O)N(c3cccc(Cl)c3)C2=O)c1C. The molecule has 2 aromatic carbocycles. The van der Waals surface area contributed by atoms with Gasteiger partial charge >= 0.3 is 6.03 Å². The Morgan fingerprint density at radius 3 is 2.27 bits per heavy atom. The van der Waals surface area contributed by atoms with Gasteiger partial charge in [0.25, 0.3) is 5.91 Å². The number of imide groups is 1. The molecule has 1 N–H and O–H groups in total. The number of aromatic nitrogens is 1. The van der Waals surface area contributed by atoms with Gasteiger partial charge in [0.15, 0.2) is 0 Å². The Bertz CT molecular complexity index is 1200. The third-order valence-electron chi connectivity index (χ3n) is 5.38. The lowest BCUT2D eigenvalue weighted by atomic mass is 10.1. The zero-order valence-electron chi connectivity index (χ0n) is 17.3. The highest BCUT2D eigenvalue weighted by molar-refractivity contribution is 6.32. The number of urea groups is 1. The number of rotatable bonds is 3. The molecule has 6 heteroatoms. The van der Waals surface area contributed by atoms with Gasteiger partial charge < -0.3 is 9.88 Å². The molecule has 0 radical (unpaired) electrons. The number of carbonyl (C=O) groups excluding carboxylic acids is 2. The van der Waals surface area contributed by atoms with Gasteiger partial charge in [0.1, 0.15) is 5.70 Å². The van der Waals surface area contributed by atoms with Crippen LogP contribution in [0.4, 0.5) is 10.5 Å². The second-order valence-corrected chi connectivity index (χ2v) is 7.95. The minimum Gasteiger partial charge on any atom is -0.317 e. The maximum atomic E-state index is 12.9. The minimum atomic E-state index is -0.489. The van der Waals surface area contributed by atoms with Crippen LogP contribution in [0.15, 0.2) is 54.2 Å². The molecule has 152 valence electrons. The van der Waals surface area contributed by atoms with Crippen molar-refractivity contribution in [1.29, 1.82) is 0 Å². The first-order valence-corrected chi connectivity index (χ1v) is 10.0. The summed E-state index contributed by atoms with van der Waals surface area (Å²) in [6, 6.07) is 14.4. The summed E-state index contributed by atoms with van der Waals surface area (Å²) in [6.45, 7) is 8.22. The number of anilines is 1. The van der Waals surface area contributed by atoms with E-state index in [-0.39, 0.29) is 5.70 Å². The molecule has 0 saturated carbocycles. The van der Waals surface area contributed by atoms with Crippen LogP contribution >= 0.6 is 11.6 Å². The van der Waals surface area contributed by atoms with Crippen molar-refractivity contribution in [2.24, 2.45) is 0 Å². The molecule has 0 unspecified atom stereocenters. The second kappa shape index (κ2) is 7.50. The Morgan fingerprint density at radius 2 is 1.60 bits per heavy atom. The highest BCUT2D eigenvalue weighted by Crippen LogP contribution is 2.29. The van der Waals surface area contributed by atoms with Crippen molar-refractivity contribution in [3.05, 3.63) is 87.3 Å². The number of aryl methyl sites for hydroxylation is 3. The van der Waals surface area contributed by atoms with Crippen LogP contribution in [-0.2, 0) is 4.79 Å². The molecule has 1 aliphatic heterocycles. The van der Waals surface area contributed by atoms with Crippen LogP contribution in [0, 0.1) is 27.7 Å². The number of amides is 3. The molecule has 3 aromatic rings. The van der Waals surface area contributed by atoms with E-state index >= 15 is 0 Å². The van der Waals surface area contributed by atoms with Crippen molar-refractivity contribution in [2.75, 3.05) is 4.90 Å². The first kappa shape index (κ1) is 20.0. The van der Waals surface area contributed by atoms with Crippen molar-refractivity contribution in [3.8, 4) is 5.69 Å². The first-order valence-electron chi connectivity index (χ1n) is 9.66. The van der Waals surface area contributed by atoms with E-state index in [0.717, 1.165) is 27.5 Å². The van der Waals surface area contributed by atoms with Gasteiger partial charge in [-0.2, -0.15) is 0 Å². The van der Waals surface area contributed by atoms with Crippen molar-refractivity contribution in [3.63, 3.8) is 0 Å². The number of halogens is 1. The largest absolute Gasteiger partial charge is 0.333 e. The van der Waals surface area contributed by atoms with E-state index < -0.39 is 11.9 Å². The third kappa shape index (κ3) is 3.31. The summed E-state index contributed by atoms with van der Waals surface area (Å²) in [5.41, 5.74) is 7.10. The van der Waals surface area contributed by atoms with Crippen LogP contribution in [0.2, 0.25) is 5.02 Å². The van der Waals surface area contributed by atoms with Gasteiger partial charge in [-0.25, -0.2) is 9.69 Å². The average Bonchev–Trinajstić information content (AvgIpc) is 3.11. The third-order valence-corrected chi connectivity index (χ3v) is 5.61. The lowest BCUT2D eigenvalue weighted by molar-refractivity contribution is -0.113. The van der Waals surface area contributed by atoms with Gasteiger partial charge in [-0.15, -0.1) is 0 Å². The molecule has 5 nitrogen and oxygen atoms in total. The summed E-state index contributed by atoms with van der Waals surface area (Å²) in [5, 5.41) is 3.15. The van der Waals surface area contributed by atoms with Gasteiger partial charge in [0, 0.05) is 16.4 Å². The van der Waals surface area contributed by atoms with E-state index in [2.05, 4.69) is 35.9 Å². The number of hydrogen-bond acceptors (Lipinski definition) is 2. The summed E-state index contributed by atoms with van der Waals surface area (Å²) < 4.78 is 2.19. The Morgan fingerprint density at radius 1 is 0.933 bits per heavy atom. The fourth-order valence-electron chi connectivity index (χ4n) is 3.98. The standard InChI is InChI=1S/C24H22ClN3O2/c1-14-7-5-8-15(2)22(14)27-16(3)11-18(17(27)4)12-21-23(29)28(24(30)26-21)20-10-6-9-19(25)13-20/h5-13H,1-4H3,(H,26,30). The topological polar surface area (TPSA) is 54.3 Å². The molecule has 0 bridgehead atoms. The van der Waals surface area contributed by atoms with Crippen LogP contribution in [0.5, 0.6) is 0 Å². The predicted octanol–water partition coefficient (Wildman–Crippen LogP) is 5.46. The summed E-state index contributed by atoms with van der Waals surface area (Å²) in [7, 11) is 0. The molecule has 0 spiro atoms. The average molecular weight is 420 g/mol. The number of para-hydroxylation sites is 1. The number of nitrogens with zero attached hydrogens (tertiary/aromatic N) is 2. The summed E-state index contributed by atoms with van der Waals surface area (Å²) >= 11 is 6.02. The lowest BCUT2D eigenvalue weighted by Gasteiger charge is -2.15. The molecule has 0 aliphatic carbocycles. The van der Waals surface area contributed by atoms with E-state index in [1.165, 1.54) is 11.1 Å². The van der Waals surface area contributed by atoms with E-state index in [0.29, 0.717) is 10.7 Å². The molecule has 3 amide bonds. The number of nitrogens with one attached hydrogen (secondary N) is 1. The zero-order valence-corrected chi connectivity index (χ0v) is 18.0. The Kier molecular flexibility index (Phi) is 5.00.